The Kier molecular flexibility index (Phi) is 8.64. The lowest BCUT2D eigenvalue weighted by molar-refractivity contribution is -0.119. The molecular formula is C22H30N2O5S2. The van der Waals surface area contributed by atoms with E-state index < -0.39 is 15.9 Å². The van der Waals surface area contributed by atoms with Crippen LogP contribution >= 0.6 is 11.8 Å². The number of amides is 1. The number of anilines is 1. The summed E-state index contributed by atoms with van der Waals surface area (Å²) in [6, 6.07) is 12.8. The van der Waals surface area contributed by atoms with Crippen molar-refractivity contribution in [1.82, 2.24) is 5.32 Å². The molecule has 0 unspecified atom stereocenters. The molecule has 0 spiro atoms. The Labute approximate surface area is 189 Å². The number of rotatable bonds is 10. The fourth-order valence-corrected chi connectivity index (χ4v) is 5.01. The Morgan fingerprint density at radius 1 is 1.06 bits per heavy atom. The Balaban J connectivity index is 2.33. The molecule has 0 saturated heterocycles. The van der Waals surface area contributed by atoms with Gasteiger partial charge >= 0.3 is 0 Å². The van der Waals surface area contributed by atoms with Gasteiger partial charge in [-0.05, 0) is 24.3 Å². The van der Waals surface area contributed by atoms with Gasteiger partial charge in [0.05, 0.1) is 24.8 Å². The largest absolute Gasteiger partial charge is 0.497 e. The van der Waals surface area contributed by atoms with Gasteiger partial charge < -0.3 is 14.8 Å². The number of ether oxygens (including phenoxy) is 2. The van der Waals surface area contributed by atoms with Crippen molar-refractivity contribution < 1.29 is 22.7 Å². The van der Waals surface area contributed by atoms with Gasteiger partial charge in [-0.1, -0.05) is 39.0 Å². The number of carbonyl (C=O) groups excluding carboxylic acids is 1. The number of carbonyl (C=O) groups is 1. The lowest BCUT2D eigenvalue weighted by atomic mass is 10.2. The average molecular weight is 467 g/mol. The summed E-state index contributed by atoms with van der Waals surface area (Å²) in [6.07, 6.45) is 0. The van der Waals surface area contributed by atoms with Crippen molar-refractivity contribution in [3.63, 3.8) is 0 Å². The summed E-state index contributed by atoms with van der Waals surface area (Å²) >= 11 is 1.72. The van der Waals surface area contributed by atoms with Crippen LogP contribution in [-0.4, -0.2) is 52.1 Å². The summed E-state index contributed by atoms with van der Waals surface area (Å²) in [5.41, 5.74) is 0.256. The number of benzene rings is 2. The van der Waals surface area contributed by atoms with Gasteiger partial charge in [0, 0.05) is 23.1 Å². The predicted octanol–water partition coefficient (Wildman–Crippen LogP) is 3.55. The molecule has 0 aliphatic carbocycles. The van der Waals surface area contributed by atoms with Crippen molar-refractivity contribution in [2.45, 2.75) is 30.4 Å². The van der Waals surface area contributed by atoms with Gasteiger partial charge in [0.2, 0.25) is 5.91 Å². The zero-order chi connectivity index (χ0) is 23.1. The molecular weight excluding hydrogens is 436 g/mol. The fraction of sp³-hybridized carbons (Fsp3) is 0.409. The highest BCUT2D eigenvalue weighted by atomic mass is 32.2. The van der Waals surface area contributed by atoms with Crippen LogP contribution in [0.5, 0.6) is 11.5 Å². The van der Waals surface area contributed by atoms with Gasteiger partial charge in [0.1, 0.15) is 18.0 Å². The van der Waals surface area contributed by atoms with Crippen molar-refractivity contribution in [3.05, 3.63) is 48.5 Å². The van der Waals surface area contributed by atoms with Crippen LogP contribution in [0, 0.1) is 0 Å². The first kappa shape index (κ1) is 24.9. The van der Waals surface area contributed by atoms with E-state index in [0.29, 0.717) is 12.3 Å². The monoisotopic (exact) mass is 466 g/mol. The van der Waals surface area contributed by atoms with Gasteiger partial charge in [-0.3, -0.25) is 9.10 Å². The summed E-state index contributed by atoms with van der Waals surface area (Å²) in [7, 11) is -1.06. The maximum Gasteiger partial charge on any atom is 0.264 e. The zero-order valence-electron chi connectivity index (χ0n) is 18.5. The average Bonchev–Trinajstić information content (AvgIpc) is 2.74. The van der Waals surface area contributed by atoms with Crippen LogP contribution < -0.4 is 19.1 Å². The van der Waals surface area contributed by atoms with Crippen molar-refractivity contribution in [1.29, 1.82) is 0 Å². The van der Waals surface area contributed by atoms with E-state index in [1.165, 1.54) is 26.4 Å². The lowest BCUT2D eigenvalue weighted by Crippen LogP contribution is -2.41. The highest BCUT2D eigenvalue weighted by molar-refractivity contribution is 8.00. The first-order valence-electron chi connectivity index (χ1n) is 9.79. The third-order valence-electron chi connectivity index (χ3n) is 4.23. The molecule has 1 N–H and O–H groups in total. The van der Waals surface area contributed by atoms with Gasteiger partial charge in [-0.15, -0.1) is 0 Å². The van der Waals surface area contributed by atoms with E-state index in [-0.39, 0.29) is 27.6 Å². The minimum Gasteiger partial charge on any atom is -0.497 e. The minimum absolute atomic E-state index is 0.0870. The molecule has 7 nitrogen and oxygen atoms in total. The summed E-state index contributed by atoms with van der Waals surface area (Å²) in [6.45, 7) is 6.37. The fourth-order valence-electron chi connectivity index (χ4n) is 2.74. The molecule has 2 aromatic carbocycles. The van der Waals surface area contributed by atoms with Gasteiger partial charge in [0.15, 0.2) is 0 Å². The highest BCUT2D eigenvalue weighted by Crippen LogP contribution is 2.35. The molecule has 0 saturated carbocycles. The normalized spacial score (nSPS) is 11.6. The molecule has 0 aromatic heterocycles. The van der Waals surface area contributed by atoms with Crippen LogP contribution in [0.1, 0.15) is 20.8 Å². The van der Waals surface area contributed by atoms with Gasteiger partial charge in [-0.2, -0.15) is 11.8 Å². The van der Waals surface area contributed by atoms with Crippen LogP contribution in [0.3, 0.4) is 0 Å². The summed E-state index contributed by atoms with van der Waals surface area (Å²) in [5.74, 6) is 1.13. The van der Waals surface area contributed by atoms with Crippen LogP contribution in [-0.2, 0) is 14.8 Å². The van der Waals surface area contributed by atoms with Gasteiger partial charge in [0.25, 0.3) is 10.0 Å². The third kappa shape index (κ3) is 7.07. The number of methoxy groups -OCH3 is 2. The summed E-state index contributed by atoms with van der Waals surface area (Å²) in [4.78, 5) is 12.7. The molecule has 9 heteroatoms. The molecule has 1 amide bonds. The molecule has 2 aromatic rings. The van der Waals surface area contributed by atoms with Crippen LogP contribution in [0.15, 0.2) is 53.4 Å². The molecule has 0 radical (unpaired) electrons. The van der Waals surface area contributed by atoms with Crippen LogP contribution in [0.2, 0.25) is 0 Å². The topological polar surface area (TPSA) is 84.9 Å². The summed E-state index contributed by atoms with van der Waals surface area (Å²) < 4.78 is 38.6. The van der Waals surface area contributed by atoms with Crippen molar-refractivity contribution in [3.8, 4) is 11.5 Å². The molecule has 0 atom stereocenters. The molecule has 0 bridgehead atoms. The lowest BCUT2D eigenvalue weighted by Gasteiger charge is -2.26. The number of hydrogen-bond acceptors (Lipinski definition) is 6. The second kappa shape index (κ2) is 10.8. The maximum atomic E-state index is 13.4. The first-order chi connectivity index (χ1) is 14.6. The smallest absolute Gasteiger partial charge is 0.264 e. The number of sulfonamides is 1. The van der Waals surface area contributed by atoms with Gasteiger partial charge in [-0.25, -0.2) is 8.42 Å². The zero-order valence-corrected chi connectivity index (χ0v) is 20.2. The Morgan fingerprint density at radius 2 is 1.74 bits per heavy atom. The van der Waals surface area contributed by atoms with E-state index in [4.69, 9.17) is 9.47 Å². The second-order valence-corrected chi connectivity index (χ2v) is 11.5. The van der Waals surface area contributed by atoms with Crippen molar-refractivity contribution in [2.75, 3.05) is 37.4 Å². The molecule has 31 heavy (non-hydrogen) atoms. The predicted molar refractivity (Wildman–Crippen MR) is 126 cm³/mol. The molecule has 0 fully saturated rings. The van der Waals surface area contributed by atoms with Crippen molar-refractivity contribution in [2.24, 2.45) is 0 Å². The third-order valence-corrected chi connectivity index (χ3v) is 7.28. The Hall–Kier alpha value is -2.39. The number of hydrogen-bond donors (Lipinski definition) is 1. The number of thioether (sulfide) groups is 1. The highest BCUT2D eigenvalue weighted by Gasteiger charge is 2.29. The number of nitrogens with zero attached hydrogens (tertiary/aromatic N) is 1. The Bertz CT molecular complexity index is 973. The van der Waals surface area contributed by atoms with Crippen molar-refractivity contribution >= 4 is 33.4 Å². The molecule has 170 valence electrons. The Morgan fingerprint density at radius 3 is 2.32 bits per heavy atom. The van der Waals surface area contributed by atoms with Crippen LogP contribution in [0.4, 0.5) is 5.69 Å². The first-order valence-corrected chi connectivity index (χ1v) is 12.2. The molecule has 0 aliphatic rings. The maximum absolute atomic E-state index is 13.4. The van der Waals surface area contributed by atoms with Crippen LogP contribution in [0.25, 0.3) is 0 Å². The van der Waals surface area contributed by atoms with E-state index in [1.807, 2.05) is 0 Å². The number of nitrogens with one attached hydrogen (secondary N) is 1. The van der Waals surface area contributed by atoms with E-state index in [0.717, 1.165) is 10.1 Å². The van der Waals surface area contributed by atoms with E-state index in [1.54, 1.807) is 48.2 Å². The summed E-state index contributed by atoms with van der Waals surface area (Å²) in [5, 5.41) is 2.81. The molecule has 0 heterocycles. The standard InChI is InChI=1S/C22H30N2O5S2/c1-22(2,3)30-14-13-23-21(25)16-24(31(26,27)18-9-7-6-8-10-18)19-12-11-17(28-4)15-20(19)29-5/h6-12,15H,13-14,16H2,1-5H3,(H,23,25). The molecule has 2 rings (SSSR count). The quantitative estimate of drug-likeness (QED) is 0.539. The second-order valence-electron chi connectivity index (χ2n) is 7.67. The SMILES string of the molecule is COc1ccc(N(CC(=O)NCCSC(C)(C)C)S(=O)(=O)c2ccccc2)c(OC)c1. The minimum atomic E-state index is -4.01. The van der Waals surface area contributed by atoms with E-state index in [2.05, 4.69) is 26.1 Å². The molecule has 0 aliphatic heterocycles. The van der Waals surface area contributed by atoms with E-state index >= 15 is 0 Å². The van der Waals surface area contributed by atoms with E-state index in [9.17, 15) is 13.2 Å².